The second-order valence-electron chi connectivity index (χ2n) is 17.5. The zero-order chi connectivity index (χ0) is 48.6. The predicted octanol–water partition coefficient (Wildman–Crippen LogP) is 18.1. The van der Waals surface area contributed by atoms with E-state index >= 15 is 0 Å². The molecule has 0 amide bonds. The summed E-state index contributed by atoms with van der Waals surface area (Å²) in [4.78, 5) is 38.1. The van der Waals surface area contributed by atoms with E-state index in [1.807, 2.05) is 0 Å². The monoisotopic (exact) mass is 927 g/mol. The van der Waals surface area contributed by atoms with Gasteiger partial charge < -0.3 is 14.2 Å². The average Bonchev–Trinajstić information content (AvgIpc) is 3.33. The van der Waals surface area contributed by atoms with E-state index in [2.05, 4.69) is 142 Å². The Morgan fingerprint density at radius 1 is 0.328 bits per heavy atom. The van der Waals surface area contributed by atoms with Crippen LogP contribution in [0.2, 0.25) is 0 Å². The van der Waals surface area contributed by atoms with E-state index in [1.165, 1.54) is 57.8 Å². The average molecular weight is 927 g/mol. The number of carbonyl (C=O) groups is 3. The number of esters is 3. The molecule has 0 saturated carbocycles. The lowest BCUT2D eigenvalue weighted by Gasteiger charge is -2.18. The molecule has 0 spiro atoms. The number of rotatable bonds is 47. The molecule has 0 aliphatic carbocycles. The molecule has 0 rings (SSSR count). The normalized spacial score (nSPS) is 13.1. The zero-order valence-electron chi connectivity index (χ0n) is 43.1. The van der Waals surface area contributed by atoms with Crippen molar-refractivity contribution >= 4 is 17.9 Å². The van der Waals surface area contributed by atoms with Gasteiger partial charge >= 0.3 is 17.9 Å². The van der Waals surface area contributed by atoms with Crippen LogP contribution in [-0.4, -0.2) is 37.2 Å². The molecule has 6 nitrogen and oxygen atoms in total. The maximum atomic E-state index is 12.8. The summed E-state index contributed by atoms with van der Waals surface area (Å²) in [6.07, 6.45) is 74.7. The Morgan fingerprint density at radius 2 is 0.642 bits per heavy atom. The lowest BCUT2D eigenvalue weighted by atomic mass is 10.1. The van der Waals surface area contributed by atoms with Crippen LogP contribution in [0.25, 0.3) is 0 Å². The van der Waals surface area contributed by atoms with Gasteiger partial charge in [-0.2, -0.15) is 0 Å². The molecule has 0 bridgehead atoms. The Bertz CT molecular complexity index is 1440. The van der Waals surface area contributed by atoms with Crippen molar-refractivity contribution in [2.75, 3.05) is 13.2 Å². The molecule has 0 saturated heterocycles. The van der Waals surface area contributed by atoms with Crippen LogP contribution in [0.4, 0.5) is 0 Å². The molecule has 1 atom stereocenters. The SMILES string of the molecule is CC/C=C\C/C=C\C/C=C\CCCCCCCCCCCC(=O)OCC(COC(=O)CCCC/C=C\C/C=C\C/C=C\CC)OC(=O)CCCCCCC\C=C/C=C\C=C/C=C\CCCCC. The van der Waals surface area contributed by atoms with E-state index in [1.54, 1.807) is 0 Å². The van der Waals surface area contributed by atoms with Crippen LogP contribution >= 0.6 is 0 Å². The van der Waals surface area contributed by atoms with Gasteiger partial charge in [0.1, 0.15) is 13.2 Å². The molecule has 378 valence electrons. The summed E-state index contributed by atoms with van der Waals surface area (Å²) in [7, 11) is 0. The van der Waals surface area contributed by atoms with Crippen molar-refractivity contribution in [2.24, 2.45) is 0 Å². The minimum absolute atomic E-state index is 0.106. The minimum Gasteiger partial charge on any atom is -0.462 e. The first-order chi connectivity index (χ1) is 33.0. The van der Waals surface area contributed by atoms with Crippen LogP contribution in [0.3, 0.4) is 0 Å². The standard InChI is InChI=1S/C61H98O6/c1-4-7-10-13-16-19-22-25-27-29-31-33-34-36-39-42-45-48-51-54-60(63)66-57-58(56-65-59(62)53-50-47-44-41-38-24-21-18-15-12-9-6-3)67-61(64)55-52-49-46-43-40-37-35-32-30-28-26-23-20-17-14-11-8-5-2/h7,9-10,12,16-21,23,25-28,30,32,35,38,41,58H,4-6,8,11,13-15,22,24,29,31,33-34,36-37,39-40,42-57H2,1-3H3/b10-7-,12-9-,19-16-,20-17-,21-18-,26-23-,27-25-,30-28-,35-32-,41-38-. The molecule has 0 aromatic carbocycles. The first kappa shape index (κ1) is 62.8. The molecule has 0 aliphatic rings. The summed E-state index contributed by atoms with van der Waals surface area (Å²) in [5.74, 6) is -0.981. The summed E-state index contributed by atoms with van der Waals surface area (Å²) >= 11 is 0. The van der Waals surface area contributed by atoms with Crippen molar-refractivity contribution in [1.82, 2.24) is 0 Å². The fourth-order valence-electron chi connectivity index (χ4n) is 7.01. The maximum absolute atomic E-state index is 12.8. The Balaban J connectivity index is 4.47. The molecule has 67 heavy (non-hydrogen) atoms. The summed E-state index contributed by atoms with van der Waals surface area (Å²) in [6.45, 7) is 6.30. The first-order valence-corrected chi connectivity index (χ1v) is 27.1. The molecule has 0 N–H and O–H groups in total. The lowest BCUT2D eigenvalue weighted by Crippen LogP contribution is -2.30. The van der Waals surface area contributed by atoms with Gasteiger partial charge in [0.25, 0.3) is 0 Å². The number of carbonyl (C=O) groups excluding carboxylic acids is 3. The van der Waals surface area contributed by atoms with Gasteiger partial charge in [-0.1, -0.05) is 219 Å². The highest BCUT2D eigenvalue weighted by Gasteiger charge is 2.19. The van der Waals surface area contributed by atoms with Gasteiger partial charge in [-0.3, -0.25) is 14.4 Å². The highest BCUT2D eigenvalue weighted by atomic mass is 16.6. The summed E-state index contributed by atoms with van der Waals surface area (Å²) in [5.41, 5.74) is 0. The second-order valence-corrected chi connectivity index (χ2v) is 17.5. The minimum atomic E-state index is -0.812. The van der Waals surface area contributed by atoms with Crippen LogP contribution in [0.15, 0.2) is 122 Å². The van der Waals surface area contributed by atoms with E-state index in [-0.39, 0.29) is 37.5 Å². The Kier molecular flexibility index (Phi) is 51.0. The quantitative estimate of drug-likeness (QED) is 0.0199. The molecular formula is C61H98O6. The van der Waals surface area contributed by atoms with Crippen LogP contribution < -0.4 is 0 Å². The molecule has 0 heterocycles. The molecule has 0 fully saturated rings. The fraction of sp³-hybridized carbons (Fsp3) is 0.623. The van der Waals surface area contributed by atoms with Crippen LogP contribution in [0.1, 0.15) is 226 Å². The second kappa shape index (κ2) is 54.4. The van der Waals surface area contributed by atoms with E-state index in [9.17, 15) is 14.4 Å². The number of allylic oxidation sites excluding steroid dienone is 20. The van der Waals surface area contributed by atoms with E-state index in [0.717, 1.165) is 128 Å². The van der Waals surface area contributed by atoms with Gasteiger partial charge in [0.15, 0.2) is 6.10 Å². The lowest BCUT2D eigenvalue weighted by molar-refractivity contribution is -0.167. The molecule has 0 aromatic rings. The van der Waals surface area contributed by atoms with E-state index in [4.69, 9.17) is 14.2 Å². The molecule has 1 unspecified atom stereocenters. The smallest absolute Gasteiger partial charge is 0.306 e. The third-order valence-electron chi connectivity index (χ3n) is 11.0. The Labute approximate surface area is 412 Å². The maximum Gasteiger partial charge on any atom is 0.306 e. The van der Waals surface area contributed by atoms with Crippen molar-refractivity contribution < 1.29 is 28.6 Å². The van der Waals surface area contributed by atoms with Crippen molar-refractivity contribution in [1.29, 1.82) is 0 Å². The topological polar surface area (TPSA) is 78.9 Å². The largest absolute Gasteiger partial charge is 0.462 e. The van der Waals surface area contributed by atoms with Gasteiger partial charge in [-0.25, -0.2) is 0 Å². The van der Waals surface area contributed by atoms with Gasteiger partial charge in [0.05, 0.1) is 0 Å². The predicted molar refractivity (Wildman–Crippen MR) is 288 cm³/mol. The van der Waals surface area contributed by atoms with Gasteiger partial charge in [0, 0.05) is 19.3 Å². The summed E-state index contributed by atoms with van der Waals surface area (Å²) in [6, 6.07) is 0. The third-order valence-corrected chi connectivity index (χ3v) is 11.0. The summed E-state index contributed by atoms with van der Waals surface area (Å²) in [5, 5.41) is 0. The number of hydrogen-bond donors (Lipinski definition) is 0. The van der Waals surface area contributed by atoms with Gasteiger partial charge in [-0.05, 0) is 109 Å². The highest BCUT2D eigenvalue weighted by molar-refractivity contribution is 5.71. The van der Waals surface area contributed by atoms with Crippen molar-refractivity contribution in [3.63, 3.8) is 0 Å². The van der Waals surface area contributed by atoms with Gasteiger partial charge in [0.2, 0.25) is 0 Å². The van der Waals surface area contributed by atoms with Crippen molar-refractivity contribution in [3.8, 4) is 0 Å². The third kappa shape index (κ3) is 52.6. The van der Waals surface area contributed by atoms with Crippen LogP contribution in [0, 0.1) is 0 Å². The summed E-state index contributed by atoms with van der Waals surface area (Å²) < 4.78 is 16.8. The number of ether oxygens (including phenoxy) is 3. The van der Waals surface area contributed by atoms with Crippen molar-refractivity contribution in [3.05, 3.63) is 122 Å². The molecule has 6 heteroatoms. The Morgan fingerprint density at radius 3 is 1.07 bits per heavy atom. The zero-order valence-corrected chi connectivity index (χ0v) is 43.1. The highest BCUT2D eigenvalue weighted by Crippen LogP contribution is 2.14. The molecule has 0 aromatic heterocycles. The first-order valence-electron chi connectivity index (χ1n) is 27.1. The van der Waals surface area contributed by atoms with E-state index in [0.29, 0.717) is 12.8 Å². The number of unbranched alkanes of at least 4 members (excludes halogenated alkanes) is 19. The van der Waals surface area contributed by atoms with Gasteiger partial charge in [-0.15, -0.1) is 0 Å². The van der Waals surface area contributed by atoms with Crippen LogP contribution in [-0.2, 0) is 28.6 Å². The van der Waals surface area contributed by atoms with Crippen molar-refractivity contribution in [2.45, 2.75) is 232 Å². The van der Waals surface area contributed by atoms with E-state index < -0.39 is 6.10 Å². The van der Waals surface area contributed by atoms with Crippen LogP contribution in [0.5, 0.6) is 0 Å². The molecule has 0 radical (unpaired) electrons. The Hall–Kier alpha value is -4.19. The fourth-order valence-corrected chi connectivity index (χ4v) is 7.01. The molecular weight excluding hydrogens is 829 g/mol. The molecule has 0 aliphatic heterocycles. The number of hydrogen-bond acceptors (Lipinski definition) is 6.